The summed E-state index contributed by atoms with van der Waals surface area (Å²) in [4.78, 5) is 30.0. The Labute approximate surface area is 256 Å². The molecule has 1 amide bonds. The van der Waals surface area contributed by atoms with Gasteiger partial charge in [-0.2, -0.15) is 4.31 Å². The van der Waals surface area contributed by atoms with Gasteiger partial charge in [-0.3, -0.25) is 4.79 Å². The van der Waals surface area contributed by atoms with Crippen LogP contribution >= 0.6 is 0 Å². The SMILES string of the molecule is C/C(=C\c1cccc(S(=O)(=O)N2CCCC2)c1)[C@H]1OC(=O)C[C@H](O)CC[C@H](C)[C@H](OC(=O)N2CCN(C)CC2)/C=C/[C@@H]1C. The van der Waals surface area contributed by atoms with E-state index in [1.807, 2.05) is 52.1 Å². The molecule has 0 aromatic heterocycles. The molecule has 0 aliphatic carbocycles. The fourth-order valence-corrected chi connectivity index (χ4v) is 7.39. The summed E-state index contributed by atoms with van der Waals surface area (Å²) in [6, 6.07) is 6.79. The zero-order valence-corrected chi connectivity index (χ0v) is 26.7. The third kappa shape index (κ3) is 8.90. The number of sulfonamides is 1. The normalized spacial score (nSPS) is 29.8. The highest BCUT2D eigenvalue weighted by atomic mass is 32.2. The van der Waals surface area contributed by atoms with Gasteiger partial charge in [0.2, 0.25) is 10.0 Å². The van der Waals surface area contributed by atoms with Crippen LogP contribution < -0.4 is 0 Å². The minimum absolute atomic E-state index is 0.0691. The molecule has 0 spiro atoms. The van der Waals surface area contributed by atoms with E-state index in [1.165, 1.54) is 4.31 Å². The van der Waals surface area contributed by atoms with Crippen molar-refractivity contribution in [3.8, 4) is 0 Å². The first-order valence-electron chi connectivity index (χ1n) is 15.4. The van der Waals surface area contributed by atoms with E-state index >= 15 is 0 Å². The smallest absolute Gasteiger partial charge is 0.410 e. The molecule has 10 nitrogen and oxygen atoms in total. The fourth-order valence-electron chi connectivity index (χ4n) is 5.82. The molecule has 43 heavy (non-hydrogen) atoms. The second-order valence-corrected chi connectivity index (χ2v) is 14.2. The summed E-state index contributed by atoms with van der Waals surface area (Å²) >= 11 is 0. The molecule has 3 heterocycles. The molecule has 0 radical (unpaired) electrons. The maximum Gasteiger partial charge on any atom is 0.410 e. The number of nitrogens with zero attached hydrogens (tertiary/aromatic N) is 3. The Morgan fingerprint density at radius 1 is 1.05 bits per heavy atom. The summed E-state index contributed by atoms with van der Waals surface area (Å²) in [7, 11) is -1.55. The maximum atomic E-state index is 13.1. The van der Waals surface area contributed by atoms with Gasteiger partial charge in [-0.05, 0) is 74.9 Å². The number of carbonyl (C=O) groups is 2. The minimum atomic E-state index is -3.57. The number of hydrogen-bond acceptors (Lipinski definition) is 8. The third-order valence-electron chi connectivity index (χ3n) is 8.66. The number of amides is 1. The molecule has 4 rings (SSSR count). The average molecular weight is 618 g/mol. The number of aliphatic hydroxyl groups excluding tert-OH is 1. The lowest BCUT2D eigenvalue weighted by molar-refractivity contribution is -0.151. The Hall–Kier alpha value is -2.73. The van der Waals surface area contributed by atoms with Gasteiger partial charge < -0.3 is 24.4 Å². The van der Waals surface area contributed by atoms with Gasteiger partial charge in [0.15, 0.2) is 0 Å². The van der Waals surface area contributed by atoms with Crippen molar-refractivity contribution in [2.45, 2.75) is 76.1 Å². The monoisotopic (exact) mass is 617 g/mol. The van der Waals surface area contributed by atoms with Crippen molar-refractivity contribution in [1.29, 1.82) is 0 Å². The topological polar surface area (TPSA) is 117 Å². The van der Waals surface area contributed by atoms with Crippen LogP contribution in [0.2, 0.25) is 0 Å². The molecule has 0 saturated carbocycles. The van der Waals surface area contributed by atoms with E-state index < -0.39 is 34.3 Å². The zero-order valence-electron chi connectivity index (χ0n) is 25.9. The maximum absolute atomic E-state index is 13.1. The third-order valence-corrected chi connectivity index (χ3v) is 10.6. The summed E-state index contributed by atoms with van der Waals surface area (Å²) in [6.07, 6.45) is 5.76. The van der Waals surface area contributed by atoms with Gasteiger partial charge in [0, 0.05) is 45.2 Å². The molecule has 3 aliphatic rings. The number of likely N-dealkylation sites (N-methyl/N-ethyl adjacent to an activating group) is 1. The first kappa shape index (κ1) is 33.2. The number of rotatable bonds is 5. The standard InChI is InChI=1S/C32H47N3O7S/c1-23-10-12-27(36)22-30(37)42-31(24(2)11-13-29(23)41-32(38)34-18-16-33(4)17-19-34)25(3)20-26-8-7-9-28(21-26)43(39,40)35-14-5-6-15-35/h7-9,11,13,20-21,23-24,27,29,31,36H,5-6,10,12,14-19,22H2,1-4H3/b13-11+,25-20+/t23-,24-,27+,29+,31-/m0/s1. The van der Waals surface area contributed by atoms with Gasteiger partial charge in [0.05, 0.1) is 17.4 Å². The second-order valence-electron chi connectivity index (χ2n) is 12.3. The van der Waals surface area contributed by atoms with Crippen LogP contribution in [0.5, 0.6) is 0 Å². The summed E-state index contributed by atoms with van der Waals surface area (Å²) in [6.45, 7) is 9.61. The first-order valence-corrected chi connectivity index (χ1v) is 16.9. The van der Waals surface area contributed by atoms with E-state index in [2.05, 4.69) is 4.90 Å². The molecule has 1 aromatic rings. The molecule has 0 bridgehead atoms. The van der Waals surface area contributed by atoms with Crippen molar-refractivity contribution in [1.82, 2.24) is 14.1 Å². The van der Waals surface area contributed by atoms with Crippen molar-refractivity contribution in [3.63, 3.8) is 0 Å². The Morgan fingerprint density at radius 2 is 1.74 bits per heavy atom. The number of piperazine rings is 1. The number of esters is 1. The molecule has 0 unspecified atom stereocenters. The minimum Gasteiger partial charge on any atom is -0.457 e. The van der Waals surface area contributed by atoms with E-state index in [9.17, 15) is 23.1 Å². The molecule has 1 aromatic carbocycles. The molecule has 1 N–H and O–H groups in total. The van der Waals surface area contributed by atoms with E-state index in [-0.39, 0.29) is 29.2 Å². The zero-order chi connectivity index (χ0) is 31.1. The predicted molar refractivity (Wildman–Crippen MR) is 165 cm³/mol. The van der Waals surface area contributed by atoms with Crippen LogP contribution in [0.15, 0.2) is 46.9 Å². The Bertz CT molecular complexity index is 1280. The lowest BCUT2D eigenvalue weighted by Gasteiger charge is -2.33. The average Bonchev–Trinajstić information content (AvgIpc) is 3.53. The van der Waals surface area contributed by atoms with Crippen molar-refractivity contribution >= 4 is 28.2 Å². The van der Waals surface area contributed by atoms with Crippen LogP contribution in [0.25, 0.3) is 6.08 Å². The summed E-state index contributed by atoms with van der Waals surface area (Å²) < 4.78 is 39.7. The van der Waals surface area contributed by atoms with E-state index in [4.69, 9.17) is 9.47 Å². The number of cyclic esters (lactones) is 1. The van der Waals surface area contributed by atoms with Crippen LogP contribution in [-0.4, -0.2) is 104 Å². The van der Waals surface area contributed by atoms with E-state index in [0.29, 0.717) is 44.6 Å². The number of aliphatic hydroxyl groups is 1. The van der Waals surface area contributed by atoms with Crippen molar-refractivity contribution in [2.24, 2.45) is 11.8 Å². The quantitative estimate of drug-likeness (QED) is 0.391. The summed E-state index contributed by atoms with van der Waals surface area (Å²) in [5, 5.41) is 10.6. The molecule has 2 saturated heterocycles. The number of ether oxygens (including phenoxy) is 2. The van der Waals surface area contributed by atoms with Gasteiger partial charge in [-0.15, -0.1) is 0 Å². The molecule has 11 heteroatoms. The molecule has 2 fully saturated rings. The first-order chi connectivity index (χ1) is 20.4. The van der Waals surface area contributed by atoms with Gasteiger partial charge in [0.25, 0.3) is 0 Å². The van der Waals surface area contributed by atoms with Gasteiger partial charge in [0.1, 0.15) is 12.2 Å². The molecular formula is C32H47N3O7S. The largest absolute Gasteiger partial charge is 0.457 e. The van der Waals surface area contributed by atoms with Crippen molar-refractivity contribution < 1.29 is 32.6 Å². The van der Waals surface area contributed by atoms with Crippen LogP contribution in [0.4, 0.5) is 4.79 Å². The number of hydrogen-bond donors (Lipinski definition) is 1. The summed E-state index contributed by atoms with van der Waals surface area (Å²) in [5.74, 6) is -0.854. The van der Waals surface area contributed by atoms with Crippen LogP contribution in [-0.2, 0) is 24.3 Å². The Kier molecular flexibility index (Phi) is 11.4. The highest BCUT2D eigenvalue weighted by Gasteiger charge is 2.30. The van der Waals surface area contributed by atoms with Crippen molar-refractivity contribution in [2.75, 3.05) is 46.3 Å². The summed E-state index contributed by atoms with van der Waals surface area (Å²) in [5.41, 5.74) is 1.41. The molecular weight excluding hydrogens is 570 g/mol. The van der Waals surface area contributed by atoms with Gasteiger partial charge >= 0.3 is 12.1 Å². The van der Waals surface area contributed by atoms with Crippen LogP contribution in [0.3, 0.4) is 0 Å². The Morgan fingerprint density at radius 3 is 2.44 bits per heavy atom. The lowest BCUT2D eigenvalue weighted by atomic mass is 9.91. The molecule has 238 valence electrons. The van der Waals surface area contributed by atoms with Crippen LogP contribution in [0.1, 0.15) is 58.4 Å². The van der Waals surface area contributed by atoms with E-state index in [0.717, 1.165) is 31.5 Å². The Balaban J connectivity index is 1.56. The van der Waals surface area contributed by atoms with Crippen LogP contribution in [0, 0.1) is 11.8 Å². The lowest BCUT2D eigenvalue weighted by Crippen LogP contribution is -2.48. The van der Waals surface area contributed by atoms with Gasteiger partial charge in [-0.1, -0.05) is 38.1 Å². The highest BCUT2D eigenvalue weighted by Crippen LogP contribution is 2.27. The highest BCUT2D eigenvalue weighted by molar-refractivity contribution is 7.89. The number of carbonyl (C=O) groups excluding carboxylic acids is 2. The number of benzene rings is 1. The molecule has 5 atom stereocenters. The van der Waals surface area contributed by atoms with E-state index in [1.54, 1.807) is 23.1 Å². The van der Waals surface area contributed by atoms with Crippen molar-refractivity contribution in [3.05, 3.63) is 47.6 Å². The van der Waals surface area contributed by atoms with Gasteiger partial charge in [-0.25, -0.2) is 13.2 Å². The second kappa shape index (κ2) is 14.8. The fraction of sp³-hybridized carbons (Fsp3) is 0.625. The predicted octanol–water partition coefficient (Wildman–Crippen LogP) is 3.91. The molecule has 3 aliphatic heterocycles.